The minimum Gasteiger partial charge on any atom is -0.497 e. The lowest BCUT2D eigenvalue weighted by molar-refractivity contribution is -0.200. The zero-order valence-corrected chi connectivity index (χ0v) is 11.4. The number of hydrogen-bond acceptors (Lipinski definition) is 2. The highest BCUT2D eigenvalue weighted by atomic mass is 19.4. The summed E-state index contributed by atoms with van der Waals surface area (Å²) in [6, 6.07) is 7.11. The highest BCUT2D eigenvalue weighted by Crippen LogP contribution is 2.43. The maximum absolute atomic E-state index is 12.8. The fourth-order valence-electron chi connectivity index (χ4n) is 2.94. The van der Waals surface area contributed by atoms with Gasteiger partial charge >= 0.3 is 6.18 Å². The molecule has 2 nitrogen and oxygen atoms in total. The third-order valence-corrected chi connectivity index (χ3v) is 3.95. The van der Waals surface area contributed by atoms with Crippen molar-refractivity contribution in [1.82, 2.24) is 0 Å². The van der Waals surface area contributed by atoms with E-state index in [4.69, 9.17) is 4.74 Å². The summed E-state index contributed by atoms with van der Waals surface area (Å²) in [4.78, 5) is 0. The number of aliphatic hydroxyl groups is 1. The van der Waals surface area contributed by atoms with Gasteiger partial charge in [-0.3, -0.25) is 0 Å². The van der Waals surface area contributed by atoms with E-state index >= 15 is 0 Å². The second kappa shape index (κ2) is 5.64. The molecule has 0 aliphatic heterocycles. The van der Waals surface area contributed by atoms with Crippen molar-refractivity contribution in [3.8, 4) is 5.75 Å². The van der Waals surface area contributed by atoms with Gasteiger partial charge in [-0.15, -0.1) is 0 Å². The first-order valence-electron chi connectivity index (χ1n) is 6.74. The van der Waals surface area contributed by atoms with Crippen molar-refractivity contribution in [3.63, 3.8) is 0 Å². The van der Waals surface area contributed by atoms with Gasteiger partial charge in [0.15, 0.2) is 0 Å². The van der Waals surface area contributed by atoms with Gasteiger partial charge < -0.3 is 9.84 Å². The number of benzene rings is 1. The number of rotatable bonds is 3. The maximum Gasteiger partial charge on any atom is 0.391 e. The quantitative estimate of drug-likeness (QED) is 0.918. The third-order valence-electron chi connectivity index (χ3n) is 3.95. The van der Waals surface area contributed by atoms with E-state index in [0.29, 0.717) is 18.6 Å². The van der Waals surface area contributed by atoms with Crippen molar-refractivity contribution in [3.05, 3.63) is 29.8 Å². The van der Waals surface area contributed by atoms with Gasteiger partial charge in [0.2, 0.25) is 0 Å². The number of halogens is 3. The molecule has 0 aromatic heterocycles. The third kappa shape index (κ3) is 3.66. The van der Waals surface area contributed by atoms with E-state index in [-0.39, 0.29) is 19.3 Å². The molecule has 0 radical (unpaired) electrons. The molecule has 0 bridgehead atoms. The van der Waals surface area contributed by atoms with Crippen molar-refractivity contribution >= 4 is 0 Å². The van der Waals surface area contributed by atoms with Crippen LogP contribution in [0.5, 0.6) is 5.75 Å². The van der Waals surface area contributed by atoms with Crippen LogP contribution >= 0.6 is 0 Å². The molecule has 1 aromatic carbocycles. The lowest BCUT2D eigenvalue weighted by Crippen LogP contribution is -2.41. The van der Waals surface area contributed by atoms with E-state index in [1.807, 2.05) is 0 Å². The van der Waals surface area contributed by atoms with E-state index in [2.05, 4.69) is 0 Å². The molecule has 1 fully saturated rings. The summed E-state index contributed by atoms with van der Waals surface area (Å²) in [5, 5.41) is 10.5. The van der Waals surface area contributed by atoms with E-state index in [1.165, 1.54) is 7.11 Å². The van der Waals surface area contributed by atoms with E-state index < -0.39 is 17.7 Å². The summed E-state index contributed by atoms with van der Waals surface area (Å²) in [5.41, 5.74) is -0.472. The van der Waals surface area contributed by atoms with Gasteiger partial charge in [-0.05, 0) is 43.4 Å². The Morgan fingerprint density at radius 2 is 2.15 bits per heavy atom. The van der Waals surface area contributed by atoms with Gasteiger partial charge in [0.05, 0.1) is 18.6 Å². The summed E-state index contributed by atoms with van der Waals surface area (Å²) in [5.74, 6) is -0.749. The Morgan fingerprint density at radius 1 is 1.40 bits per heavy atom. The number of hydrogen-bond donors (Lipinski definition) is 1. The smallest absolute Gasteiger partial charge is 0.391 e. The fourth-order valence-corrected chi connectivity index (χ4v) is 2.94. The molecule has 0 amide bonds. The zero-order valence-electron chi connectivity index (χ0n) is 11.4. The topological polar surface area (TPSA) is 29.5 Å². The van der Waals surface area contributed by atoms with Gasteiger partial charge in [-0.25, -0.2) is 0 Å². The molecule has 0 spiro atoms. The molecule has 2 unspecified atom stereocenters. The van der Waals surface area contributed by atoms with Gasteiger partial charge in [-0.2, -0.15) is 13.2 Å². The average Bonchev–Trinajstić information content (AvgIpc) is 2.37. The Labute approximate surface area is 116 Å². The Kier molecular flexibility index (Phi) is 4.28. The SMILES string of the molecule is COc1cccc(CC2(O)CCCC(C(F)(F)F)C2)c1. The highest BCUT2D eigenvalue weighted by Gasteiger charge is 2.46. The predicted molar refractivity (Wildman–Crippen MR) is 69.7 cm³/mol. The summed E-state index contributed by atoms with van der Waals surface area (Å²) in [6.45, 7) is 0. The molecule has 20 heavy (non-hydrogen) atoms. The molecule has 2 rings (SSSR count). The molecular weight excluding hydrogens is 269 g/mol. The Hall–Kier alpha value is -1.23. The summed E-state index contributed by atoms with van der Waals surface area (Å²) >= 11 is 0. The van der Waals surface area contributed by atoms with Crippen LogP contribution in [0.15, 0.2) is 24.3 Å². The average molecular weight is 288 g/mol. The van der Waals surface area contributed by atoms with Crippen LogP contribution in [0.4, 0.5) is 13.2 Å². The zero-order chi connectivity index (χ0) is 14.8. The molecule has 1 N–H and O–H groups in total. The van der Waals surface area contributed by atoms with Crippen LogP contribution in [0.3, 0.4) is 0 Å². The van der Waals surface area contributed by atoms with Crippen molar-refractivity contribution in [1.29, 1.82) is 0 Å². The van der Waals surface area contributed by atoms with Crippen LogP contribution in [0.1, 0.15) is 31.2 Å². The molecule has 1 aliphatic rings. The minimum atomic E-state index is -4.22. The molecule has 0 saturated heterocycles. The molecule has 2 atom stereocenters. The first-order chi connectivity index (χ1) is 9.32. The fraction of sp³-hybridized carbons (Fsp3) is 0.600. The van der Waals surface area contributed by atoms with E-state index in [9.17, 15) is 18.3 Å². The lowest BCUT2D eigenvalue weighted by Gasteiger charge is -2.37. The number of alkyl halides is 3. The van der Waals surface area contributed by atoms with Gasteiger partial charge in [-0.1, -0.05) is 12.1 Å². The molecule has 1 aromatic rings. The Bertz CT molecular complexity index is 459. The highest BCUT2D eigenvalue weighted by molar-refractivity contribution is 5.29. The molecule has 0 heterocycles. The van der Waals surface area contributed by atoms with Crippen LogP contribution in [0, 0.1) is 5.92 Å². The summed E-state index contributed by atoms with van der Waals surface area (Å²) in [7, 11) is 1.54. The Balaban J connectivity index is 2.10. The van der Waals surface area contributed by atoms with Gasteiger partial charge in [0.25, 0.3) is 0 Å². The summed E-state index contributed by atoms with van der Waals surface area (Å²) < 4.78 is 43.5. The van der Waals surface area contributed by atoms with Crippen molar-refractivity contribution in [2.45, 2.75) is 43.9 Å². The van der Waals surface area contributed by atoms with Crippen LogP contribution < -0.4 is 4.74 Å². The van der Waals surface area contributed by atoms with Crippen LogP contribution in [-0.2, 0) is 6.42 Å². The predicted octanol–water partition coefficient (Wildman–Crippen LogP) is 3.72. The van der Waals surface area contributed by atoms with Crippen molar-refractivity contribution < 1.29 is 23.0 Å². The standard InChI is InChI=1S/C15H19F3O2/c1-20-13-6-2-4-11(8-13)9-14(19)7-3-5-12(10-14)15(16,17)18/h2,4,6,8,12,19H,3,5,7,9-10H2,1H3. The largest absolute Gasteiger partial charge is 0.497 e. The van der Waals surface area contributed by atoms with E-state index in [0.717, 1.165) is 5.56 Å². The second-order valence-electron chi connectivity index (χ2n) is 5.59. The molecule has 112 valence electrons. The van der Waals surface area contributed by atoms with E-state index in [1.54, 1.807) is 24.3 Å². The normalized spacial score (nSPS) is 27.4. The molecular formula is C15H19F3O2. The van der Waals surface area contributed by atoms with Crippen molar-refractivity contribution in [2.75, 3.05) is 7.11 Å². The Morgan fingerprint density at radius 3 is 2.80 bits per heavy atom. The number of methoxy groups -OCH3 is 1. The molecule has 1 saturated carbocycles. The first-order valence-corrected chi connectivity index (χ1v) is 6.74. The maximum atomic E-state index is 12.8. The molecule has 5 heteroatoms. The summed E-state index contributed by atoms with van der Waals surface area (Å²) in [6.07, 6.45) is -3.27. The lowest BCUT2D eigenvalue weighted by atomic mass is 9.75. The monoisotopic (exact) mass is 288 g/mol. The molecule has 1 aliphatic carbocycles. The van der Waals surface area contributed by atoms with Gasteiger partial charge in [0.1, 0.15) is 5.75 Å². The first kappa shape index (κ1) is 15.2. The minimum absolute atomic E-state index is 0.115. The van der Waals surface area contributed by atoms with Crippen LogP contribution in [-0.4, -0.2) is 24.0 Å². The number of ether oxygens (including phenoxy) is 1. The van der Waals surface area contributed by atoms with Crippen molar-refractivity contribution in [2.24, 2.45) is 5.92 Å². The van der Waals surface area contributed by atoms with Crippen LogP contribution in [0.25, 0.3) is 0 Å². The van der Waals surface area contributed by atoms with Crippen LogP contribution in [0.2, 0.25) is 0 Å². The second-order valence-corrected chi connectivity index (χ2v) is 5.59. The van der Waals surface area contributed by atoms with Gasteiger partial charge in [0, 0.05) is 6.42 Å².